The molecule has 4 rings (SSSR count). The topological polar surface area (TPSA) is 59.8 Å². The zero-order valence-corrected chi connectivity index (χ0v) is 16.6. The Hall–Kier alpha value is -2.92. The number of carbonyl (C=O) groups excluding carboxylic acids is 1. The summed E-state index contributed by atoms with van der Waals surface area (Å²) in [6.07, 6.45) is 3.21. The van der Waals surface area contributed by atoms with Gasteiger partial charge in [-0.05, 0) is 62.0 Å². The van der Waals surface area contributed by atoms with Gasteiger partial charge in [-0.3, -0.25) is 9.69 Å². The van der Waals surface area contributed by atoms with Crippen molar-refractivity contribution in [3.05, 3.63) is 76.1 Å². The molecule has 0 aliphatic carbocycles. The summed E-state index contributed by atoms with van der Waals surface area (Å²) in [6.45, 7) is 2.00. The van der Waals surface area contributed by atoms with E-state index in [1.807, 2.05) is 6.07 Å². The van der Waals surface area contributed by atoms with E-state index in [4.69, 9.17) is 9.15 Å². The predicted octanol–water partition coefficient (Wildman–Crippen LogP) is 3.94. The van der Waals surface area contributed by atoms with Crippen LogP contribution in [-0.4, -0.2) is 37.4 Å². The SMILES string of the molecule is COc1ccc2cc(C(=O)CN3CCC(Cc4ccccc4)CC3)c(=O)oc2c1. The summed E-state index contributed by atoms with van der Waals surface area (Å²) in [5.41, 5.74) is 1.32. The van der Waals surface area contributed by atoms with Gasteiger partial charge in [-0.1, -0.05) is 30.3 Å². The molecule has 2 aromatic carbocycles. The number of likely N-dealkylation sites (tertiary alicyclic amines) is 1. The van der Waals surface area contributed by atoms with Crippen LogP contribution in [0, 0.1) is 5.92 Å². The van der Waals surface area contributed by atoms with Crippen LogP contribution < -0.4 is 10.4 Å². The number of Topliss-reactive ketones (excluding diaryl/α,β-unsaturated/α-hetero) is 1. The maximum Gasteiger partial charge on any atom is 0.347 e. The van der Waals surface area contributed by atoms with E-state index in [1.54, 1.807) is 31.4 Å². The minimum Gasteiger partial charge on any atom is -0.497 e. The highest BCUT2D eigenvalue weighted by molar-refractivity contribution is 5.99. The molecular weight excluding hydrogens is 366 g/mol. The zero-order chi connectivity index (χ0) is 20.2. The highest BCUT2D eigenvalue weighted by atomic mass is 16.5. The Bertz CT molecular complexity index is 1050. The van der Waals surface area contributed by atoms with E-state index in [2.05, 4.69) is 29.2 Å². The number of nitrogens with zero attached hydrogens (tertiary/aromatic N) is 1. The van der Waals surface area contributed by atoms with Crippen LogP contribution in [0.15, 0.2) is 63.8 Å². The molecule has 1 aliphatic heterocycles. The van der Waals surface area contributed by atoms with Crippen LogP contribution in [0.4, 0.5) is 0 Å². The molecule has 150 valence electrons. The van der Waals surface area contributed by atoms with Crippen molar-refractivity contribution in [1.29, 1.82) is 0 Å². The molecule has 0 N–H and O–H groups in total. The molecule has 5 nitrogen and oxygen atoms in total. The number of ketones is 1. The van der Waals surface area contributed by atoms with Gasteiger partial charge in [-0.15, -0.1) is 0 Å². The molecule has 1 fully saturated rings. The molecule has 0 atom stereocenters. The Balaban J connectivity index is 1.38. The lowest BCUT2D eigenvalue weighted by atomic mass is 9.90. The van der Waals surface area contributed by atoms with E-state index in [1.165, 1.54) is 5.56 Å². The molecule has 0 bridgehead atoms. The van der Waals surface area contributed by atoms with Crippen LogP contribution in [0.25, 0.3) is 11.0 Å². The largest absolute Gasteiger partial charge is 0.497 e. The van der Waals surface area contributed by atoms with Crippen molar-refractivity contribution in [2.24, 2.45) is 5.92 Å². The summed E-state index contributed by atoms with van der Waals surface area (Å²) >= 11 is 0. The van der Waals surface area contributed by atoms with E-state index in [9.17, 15) is 9.59 Å². The number of hydrogen-bond acceptors (Lipinski definition) is 5. The Morgan fingerprint density at radius 3 is 2.59 bits per heavy atom. The maximum absolute atomic E-state index is 12.7. The highest BCUT2D eigenvalue weighted by Crippen LogP contribution is 2.23. The van der Waals surface area contributed by atoms with Gasteiger partial charge in [0.2, 0.25) is 0 Å². The molecule has 0 saturated carbocycles. The Kier molecular flexibility index (Phi) is 5.76. The van der Waals surface area contributed by atoms with Crippen molar-refractivity contribution in [3.8, 4) is 5.75 Å². The van der Waals surface area contributed by atoms with Gasteiger partial charge < -0.3 is 9.15 Å². The first-order chi connectivity index (χ1) is 14.1. The summed E-state index contributed by atoms with van der Waals surface area (Å²) in [4.78, 5) is 27.2. The summed E-state index contributed by atoms with van der Waals surface area (Å²) in [5, 5.41) is 0.718. The fourth-order valence-electron chi connectivity index (χ4n) is 4.00. The highest BCUT2D eigenvalue weighted by Gasteiger charge is 2.23. The molecule has 5 heteroatoms. The molecule has 3 aromatic rings. The molecule has 1 aliphatic rings. The van der Waals surface area contributed by atoms with Crippen LogP contribution in [0.3, 0.4) is 0 Å². The van der Waals surface area contributed by atoms with Crippen molar-refractivity contribution in [2.75, 3.05) is 26.7 Å². The minimum absolute atomic E-state index is 0.120. The van der Waals surface area contributed by atoms with Crippen molar-refractivity contribution in [3.63, 3.8) is 0 Å². The second kappa shape index (κ2) is 8.62. The van der Waals surface area contributed by atoms with Gasteiger partial charge in [-0.25, -0.2) is 4.79 Å². The molecule has 0 spiro atoms. The Labute approximate surface area is 169 Å². The van der Waals surface area contributed by atoms with Gasteiger partial charge >= 0.3 is 5.63 Å². The molecule has 1 saturated heterocycles. The van der Waals surface area contributed by atoms with E-state index in [0.29, 0.717) is 17.3 Å². The first-order valence-corrected chi connectivity index (χ1v) is 10.0. The van der Waals surface area contributed by atoms with Crippen molar-refractivity contribution < 1.29 is 13.9 Å². The van der Waals surface area contributed by atoms with Crippen molar-refractivity contribution in [2.45, 2.75) is 19.3 Å². The first kappa shape index (κ1) is 19.4. The number of methoxy groups -OCH3 is 1. The van der Waals surface area contributed by atoms with Gasteiger partial charge in [0.15, 0.2) is 5.78 Å². The monoisotopic (exact) mass is 391 g/mol. The number of rotatable bonds is 6. The Morgan fingerprint density at radius 2 is 1.86 bits per heavy atom. The minimum atomic E-state index is -0.588. The fourth-order valence-corrected chi connectivity index (χ4v) is 4.00. The Morgan fingerprint density at radius 1 is 1.10 bits per heavy atom. The predicted molar refractivity (Wildman–Crippen MR) is 113 cm³/mol. The molecule has 2 heterocycles. The van der Waals surface area contributed by atoms with E-state index >= 15 is 0 Å². The summed E-state index contributed by atoms with van der Waals surface area (Å²) in [6, 6.07) is 17.4. The lowest BCUT2D eigenvalue weighted by Gasteiger charge is -2.31. The molecule has 1 aromatic heterocycles. The van der Waals surface area contributed by atoms with Gasteiger partial charge in [0.1, 0.15) is 16.9 Å². The maximum atomic E-state index is 12.7. The molecule has 0 unspecified atom stereocenters. The quantitative estimate of drug-likeness (QED) is 0.471. The van der Waals surface area contributed by atoms with E-state index in [0.717, 1.165) is 37.7 Å². The third-order valence-electron chi connectivity index (χ3n) is 5.69. The average Bonchev–Trinajstić information content (AvgIpc) is 2.75. The molecular formula is C24H25NO4. The first-order valence-electron chi connectivity index (χ1n) is 10.0. The van der Waals surface area contributed by atoms with Crippen molar-refractivity contribution >= 4 is 16.8 Å². The van der Waals surface area contributed by atoms with Crippen LogP contribution in [-0.2, 0) is 6.42 Å². The third kappa shape index (κ3) is 4.57. The normalized spacial score (nSPS) is 15.5. The lowest BCUT2D eigenvalue weighted by Crippen LogP contribution is -2.38. The second-order valence-electron chi connectivity index (χ2n) is 7.68. The number of benzene rings is 2. The summed E-state index contributed by atoms with van der Waals surface area (Å²) in [7, 11) is 1.56. The second-order valence-corrected chi connectivity index (χ2v) is 7.68. The molecule has 0 radical (unpaired) electrons. The van der Waals surface area contributed by atoms with Crippen LogP contribution in [0.2, 0.25) is 0 Å². The van der Waals surface area contributed by atoms with Gasteiger partial charge in [-0.2, -0.15) is 0 Å². The average molecular weight is 391 g/mol. The number of carbonyl (C=O) groups is 1. The van der Waals surface area contributed by atoms with E-state index in [-0.39, 0.29) is 17.9 Å². The molecule has 29 heavy (non-hydrogen) atoms. The summed E-state index contributed by atoms with van der Waals surface area (Å²) < 4.78 is 10.5. The lowest BCUT2D eigenvalue weighted by molar-refractivity contribution is 0.0892. The van der Waals surface area contributed by atoms with Crippen molar-refractivity contribution in [1.82, 2.24) is 4.90 Å². The smallest absolute Gasteiger partial charge is 0.347 e. The molecule has 0 amide bonds. The van der Waals surface area contributed by atoms with Crippen LogP contribution in [0.5, 0.6) is 5.75 Å². The van der Waals surface area contributed by atoms with Gasteiger partial charge in [0, 0.05) is 11.5 Å². The zero-order valence-electron chi connectivity index (χ0n) is 16.6. The summed E-state index contributed by atoms with van der Waals surface area (Å²) in [5.74, 6) is 1.07. The standard InChI is InChI=1S/C24H25NO4/c1-28-20-8-7-19-14-21(24(27)29-23(19)15-20)22(26)16-25-11-9-18(10-12-25)13-17-5-3-2-4-6-17/h2-8,14-15,18H,9-13,16H2,1H3. The number of ether oxygens (including phenoxy) is 1. The van der Waals surface area contributed by atoms with Crippen LogP contribution >= 0.6 is 0 Å². The number of fused-ring (bicyclic) bond motifs is 1. The van der Waals surface area contributed by atoms with Crippen LogP contribution in [0.1, 0.15) is 28.8 Å². The number of piperidine rings is 1. The fraction of sp³-hybridized carbons (Fsp3) is 0.333. The van der Waals surface area contributed by atoms with Gasteiger partial charge in [0.25, 0.3) is 0 Å². The number of hydrogen-bond donors (Lipinski definition) is 0. The third-order valence-corrected chi connectivity index (χ3v) is 5.69. The van der Waals surface area contributed by atoms with Gasteiger partial charge in [0.05, 0.1) is 13.7 Å². The van der Waals surface area contributed by atoms with E-state index < -0.39 is 5.63 Å².